The lowest BCUT2D eigenvalue weighted by Crippen LogP contribution is -2.22. The van der Waals surface area contributed by atoms with E-state index in [1.165, 1.54) is 6.07 Å². The smallest absolute Gasteiger partial charge is 0.341 e. The van der Waals surface area contributed by atoms with Crippen LogP contribution in [0.2, 0.25) is 0 Å². The molecule has 1 saturated heterocycles. The first-order valence-electron chi connectivity index (χ1n) is 6.20. The lowest BCUT2D eigenvalue weighted by Gasteiger charge is -2.17. The van der Waals surface area contributed by atoms with Gasteiger partial charge < -0.3 is 14.7 Å². The van der Waals surface area contributed by atoms with Gasteiger partial charge in [0.2, 0.25) is 5.88 Å². The van der Waals surface area contributed by atoms with E-state index >= 15 is 0 Å². The van der Waals surface area contributed by atoms with Gasteiger partial charge in [-0.05, 0) is 45.0 Å². The van der Waals surface area contributed by atoms with Crippen LogP contribution in [0.4, 0.5) is 0 Å². The van der Waals surface area contributed by atoms with Crippen LogP contribution in [-0.2, 0) is 0 Å². The minimum atomic E-state index is -0.996. The molecular weight excluding hydrogens is 232 g/mol. The molecule has 18 heavy (non-hydrogen) atoms. The highest BCUT2D eigenvalue weighted by atomic mass is 16.5. The maximum Gasteiger partial charge on any atom is 0.341 e. The Bertz CT molecular complexity index is 422. The topological polar surface area (TPSA) is 62.7 Å². The Hall–Kier alpha value is -1.62. The Morgan fingerprint density at radius 2 is 2.33 bits per heavy atom. The molecule has 1 aromatic rings. The third kappa shape index (κ3) is 3.20. The highest BCUT2D eigenvalue weighted by Gasteiger charge is 2.19. The summed E-state index contributed by atoms with van der Waals surface area (Å²) in [5.74, 6) is -0.761. The predicted molar refractivity (Wildman–Crippen MR) is 67.0 cm³/mol. The monoisotopic (exact) mass is 250 g/mol. The fourth-order valence-electron chi connectivity index (χ4n) is 2.13. The molecule has 5 heteroatoms. The van der Waals surface area contributed by atoms with Crippen molar-refractivity contribution in [3.63, 3.8) is 0 Å². The van der Waals surface area contributed by atoms with Gasteiger partial charge in [-0.1, -0.05) is 0 Å². The van der Waals surface area contributed by atoms with Gasteiger partial charge in [-0.2, -0.15) is 0 Å². The van der Waals surface area contributed by atoms with Gasteiger partial charge >= 0.3 is 5.97 Å². The zero-order valence-corrected chi connectivity index (χ0v) is 10.5. The second-order valence-corrected chi connectivity index (χ2v) is 4.64. The Labute approximate surface area is 106 Å². The molecule has 0 amide bonds. The number of ether oxygens (including phenoxy) is 1. The molecule has 1 aliphatic rings. The van der Waals surface area contributed by atoms with E-state index in [1.54, 1.807) is 12.3 Å². The largest absolute Gasteiger partial charge is 0.477 e. The summed E-state index contributed by atoms with van der Waals surface area (Å²) in [6.45, 7) is 2.04. The van der Waals surface area contributed by atoms with E-state index in [2.05, 4.69) is 16.9 Å². The van der Waals surface area contributed by atoms with Gasteiger partial charge in [-0.3, -0.25) is 0 Å². The zero-order chi connectivity index (χ0) is 13.0. The van der Waals surface area contributed by atoms with Crippen LogP contribution >= 0.6 is 0 Å². The number of pyridine rings is 1. The average Bonchev–Trinajstić information content (AvgIpc) is 2.55. The van der Waals surface area contributed by atoms with E-state index in [0.29, 0.717) is 0 Å². The highest BCUT2D eigenvalue weighted by Crippen LogP contribution is 2.20. The number of carboxylic acids is 1. The van der Waals surface area contributed by atoms with Gasteiger partial charge in [0.1, 0.15) is 11.7 Å². The van der Waals surface area contributed by atoms with E-state index in [4.69, 9.17) is 9.84 Å². The molecule has 0 radical (unpaired) electrons. The number of hydrogen-bond donors (Lipinski definition) is 1. The molecule has 1 fully saturated rings. The lowest BCUT2D eigenvalue weighted by atomic mass is 10.1. The summed E-state index contributed by atoms with van der Waals surface area (Å²) in [5, 5.41) is 9.06. The molecular formula is C13H18N2O3. The molecule has 0 aromatic carbocycles. The summed E-state index contributed by atoms with van der Waals surface area (Å²) >= 11 is 0. The third-order valence-corrected chi connectivity index (χ3v) is 3.18. The van der Waals surface area contributed by atoms with Crippen molar-refractivity contribution < 1.29 is 14.6 Å². The van der Waals surface area contributed by atoms with Crippen molar-refractivity contribution in [2.75, 3.05) is 20.1 Å². The standard InChI is InChI=1S/C13H18N2O3/c1-15-8-3-4-10(6-9-15)18-12-11(13(16)17)5-2-7-14-12/h2,5,7,10H,3-4,6,8-9H2,1H3,(H,16,17). The van der Waals surface area contributed by atoms with Crippen molar-refractivity contribution in [2.24, 2.45) is 0 Å². The summed E-state index contributed by atoms with van der Waals surface area (Å²) in [4.78, 5) is 17.3. The molecule has 0 saturated carbocycles. The molecule has 1 aliphatic heterocycles. The molecule has 0 aliphatic carbocycles. The van der Waals surface area contributed by atoms with Crippen LogP contribution in [0.5, 0.6) is 5.88 Å². The number of nitrogens with zero attached hydrogens (tertiary/aromatic N) is 2. The molecule has 5 nitrogen and oxygen atoms in total. The van der Waals surface area contributed by atoms with Crippen LogP contribution in [0.3, 0.4) is 0 Å². The van der Waals surface area contributed by atoms with E-state index in [-0.39, 0.29) is 17.5 Å². The van der Waals surface area contributed by atoms with Crippen molar-refractivity contribution >= 4 is 5.97 Å². The van der Waals surface area contributed by atoms with E-state index < -0.39 is 5.97 Å². The number of aromatic nitrogens is 1. The van der Waals surface area contributed by atoms with Crippen molar-refractivity contribution in [3.8, 4) is 5.88 Å². The minimum Gasteiger partial charge on any atom is -0.477 e. The third-order valence-electron chi connectivity index (χ3n) is 3.18. The molecule has 0 bridgehead atoms. The zero-order valence-electron chi connectivity index (χ0n) is 10.5. The fraction of sp³-hybridized carbons (Fsp3) is 0.538. The number of aromatic carboxylic acids is 1. The number of carbonyl (C=O) groups is 1. The Morgan fingerprint density at radius 3 is 3.11 bits per heavy atom. The first-order chi connectivity index (χ1) is 8.66. The molecule has 2 rings (SSSR count). The summed E-state index contributed by atoms with van der Waals surface area (Å²) in [6, 6.07) is 3.13. The number of likely N-dealkylation sites (tertiary alicyclic amines) is 1. The normalized spacial score (nSPS) is 21.3. The fourth-order valence-corrected chi connectivity index (χ4v) is 2.13. The van der Waals surface area contributed by atoms with E-state index in [9.17, 15) is 4.79 Å². The van der Waals surface area contributed by atoms with Crippen LogP contribution in [0, 0.1) is 0 Å². The Balaban J connectivity index is 2.06. The van der Waals surface area contributed by atoms with Crippen molar-refractivity contribution in [1.82, 2.24) is 9.88 Å². The molecule has 1 unspecified atom stereocenters. The maximum atomic E-state index is 11.1. The Kier molecular flexibility index (Phi) is 4.15. The maximum absolute atomic E-state index is 11.1. The molecule has 1 atom stereocenters. The molecule has 1 N–H and O–H groups in total. The Morgan fingerprint density at radius 1 is 1.50 bits per heavy atom. The van der Waals surface area contributed by atoms with Gasteiger partial charge in [0.15, 0.2) is 0 Å². The number of hydrogen-bond acceptors (Lipinski definition) is 4. The average molecular weight is 250 g/mol. The summed E-state index contributed by atoms with van der Waals surface area (Å²) in [5.41, 5.74) is 0.134. The van der Waals surface area contributed by atoms with E-state index in [1.807, 2.05) is 0 Å². The molecule has 0 spiro atoms. The molecule has 1 aromatic heterocycles. The predicted octanol–water partition coefficient (Wildman–Crippen LogP) is 1.64. The van der Waals surface area contributed by atoms with Gasteiger partial charge in [0.25, 0.3) is 0 Å². The first kappa shape index (κ1) is 12.8. The summed E-state index contributed by atoms with van der Waals surface area (Å²) in [7, 11) is 2.09. The van der Waals surface area contributed by atoms with Crippen LogP contribution < -0.4 is 4.74 Å². The van der Waals surface area contributed by atoms with E-state index in [0.717, 1.165) is 32.4 Å². The molecule has 98 valence electrons. The van der Waals surface area contributed by atoms with Crippen LogP contribution in [0.15, 0.2) is 18.3 Å². The number of rotatable bonds is 3. The van der Waals surface area contributed by atoms with Crippen molar-refractivity contribution in [2.45, 2.75) is 25.4 Å². The number of carboxylic acid groups (broad SMARTS) is 1. The van der Waals surface area contributed by atoms with Crippen molar-refractivity contribution in [3.05, 3.63) is 23.9 Å². The quantitative estimate of drug-likeness (QED) is 0.883. The van der Waals surface area contributed by atoms with Gasteiger partial charge in [0, 0.05) is 12.7 Å². The van der Waals surface area contributed by atoms with Crippen molar-refractivity contribution in [1.29, 1.82) is 0 Å². The van der Waals surface area contributed by atoms with Crippen LogP contribution in [0.25, 0.3) is 0 Å². The van der Waals surface area contributed by atoms with Gasteiger partial charge in [-0.25, -0.2) is 9.78 Å². The minimum absolute atomic E-state index is 0.0583. The molecule has 2 heterocycles. The second-order valence-electron chi connectivity index (χ2n) is 4.64. The van der Waals surface area contributed by atoms with Crippen LogP contribution in [-0.4, -0.2) is 47.2 Å². The lowest BCUT2D eigenvalue weighted by molar-refractivity contribution is 0.0686. The SMILES string of the molecule is CN1CCCC(Oc2ncccc2C(=O)O)CC1. The van der Waals surface area contributed by atoms with Gasteiger partial charge in [-0.15, -0.1) is 0 Å². The summed E-state index contributed by atoms with van der Waals surface area (Å²) in [6.07, 6.45) is 4.54. The van der Waals surface area contributed by atoms with Gasteiger partial charge in [0.05, 0.1) is 0 Å². The highest BCUT2D eigenvalue weighted by molar-refractivity contribution is 5.90. The van der Waals surface area contributed by atoms with Crippen LogP contribution in [0.1, 0.15) is 29.6 Å². The first-order valence-corrected chi connectivity index (χ1v) is 6.20. The summed E-state index contributed by atoms with van der Waals surface area (Å²) < 4.78 is 5.76. The second kappa shape index (κ2) is 5.82.